The van der Waals surface area contributed by atoms with Crippen LogP contribution in [0.4, 0.5) is 13.2 Å². The lowest BCUT2D eigenvalue weighted by atomic mass is 10.0. The molecule has 2 aromatic rings. The van der Waals surface area contributed by atoms with Gasteiger partial charge in [0.05, 0.1) is 6.42 Å². The Kier molecular flexibility index (Phi) is 5.26. The van der Waals surface area contributed by atoms with Crippen LogP contribution in [0.5, 0.6) is 0 Å². The van der Waals surface area contributed by atoms with Gasteiger partial charge in [0.25, 0.3) is 0 Å². The van der Waals surface area contributed by atoms with Gasteiger partial charge in [-0.2, -0.15) is 13.2 Å². The van der Waals surface area contributed by atoms with Crippen molar-refractivity contribution < 1.29 is 13.2 Å². The molecule has 0 fully saturated rings. The molecule has 112 valence electrons. The van der Waals surface area contributed by atoms with Gasteiger partial charge in [-0.15, -0.1) is 0 Å². The van der Waals surface area contributed by atoms with Crippen molar-refractivity contribution in [3.63, 3.8) is 0 Å². The Morgan fingerprint density at radius 2 is 1.71 bits per heavy atom. The lowest BCUT2D eigenvalue weighted by molar-refractivity contribution is -0.140. The van der Waals surface area contributed by atoms with Crippen LogP contribution in [-0.2, 0) is 6.54 Å². The molecule has 0 radical (unpaired) electrons. The third-order valence-electron chi connectivity index (χ3n) is 3.08. The minimum atomic E-state index is -4.22. The largest absolute Gasteiger partial charge is 0.390 e. The number of nitrogens with one attached hydrogen (secondary N) is 1. The number of hydrogen-bond acceptors (Lipinski definition) is 1. The molecule has 21 heavy (non-hydrogen) atoms. The molecule has 5 heteroatoms. The zero-order valence-electron chi connectivity index (χ0n) is 11.2. The zero-order chi connectivity index (χ0) is 15.3. The second-order valence-electron chi connectivity index (χ2n) is 4.79. The second kappa shape index (κ2) is 6.96. The molecule has 0 heterocycles. The van der Waals surface area contributed by atoms with E-state index >= 15 is 0 Å². The van der Waals surface area contributed by atoms with E-state index in [9.17, 15) is 13.2 Å². The van der Waals surface area contributed by atoms with Crippen molar-refractivity contribution in [1.82, 2.24) is 5.32 Å². The van der Waals surface area contributed by atoms with Crippen molar-refractivity contribution in [2.75, 3.05) is 0 Å². The first-order chi connectivity index (χ1) is 9.94. The zero-order valence-corrected chi connectivity index (χ0v) is 12.0. The predicted octanol–water partition coefficient (Wildman–Crippen LogP) is 5.12. The number of hydrogen-bond donors (Lipinski definition) is 1. The van der Waals surface area contributed by atoms with Gasteiger partial charge in [0.1, 0.15) is 0 Å². The van der Waals surface area contributed by atoms with E-state index in [0.717, 1.165) is 5.56 Å². The first-order valence-electron chi connectivity index (χ1n) is 6.53. The van der Waals surface area contributed by atoms with Crippen molar-refractivity contribution >= 4 is 11.6 Å². The van der Waals surface area contributed by atoms with Gasteiger partial charge in [0, 0.05) is 17.6 Å². The number of alkyl halides is 3. The van der Waals surface area contributed by atoms with E-state index in [1.807, 2.05) is 6.07 Å². The summed E-state index contributed by atoms with van der Waals surface area (Å²) in [7, 11) is 0. The molecule has 0 aromatic heterocycles. The van der Waals surface area contributed by atoms with Crippen molar-refractivity contribution in [3.05, 3.63) is 70.7 Å². The average Bonchev–Trinajstić information content (AvgIpc) is 2.43. The topological polar surface area (TPSA) is 12.0 Å². The fraction of sp³-hybridized carbons (Fsp3) is 0.250. The summed E-state index contributed by atoms with van der Waals surface area (Å²) in [6.07, 6.45) is -5.13. The van der Waals surface area contributed by atoms with E-state index in [1.54, 1.807) is 48.5 Å². The van der Waals surface area contributed by atoms with Gasteiger partial charge in [-0.05, 0) is 23.3 Å². The Bertz CT molecular complexity index is 569. The molecule has 0 bridgehead atoms. The summed E-state index contributed by atoms with van der Waals surface area (Å²) in [4.78, 5) is 0. The van der Waals surface area contributed by atoms with Crippen LogP contribution in [0.2, 0.25) is 5.02 Å². The van der Waals surface area contributed by atoms with Crippen LogP contribution in [0.1, 0.15) is 23.6 Å². The first-order valence-corrected chi connectivity index (χ1v) is 6.91. The maximum Gasteiger partial charge on any atom is 0.390 e. The highest BCUT2D eigenvalue weighted by molar-refractivity contribution is 6.30. The van der Waals surface area contributed by atoms with Crippen LogP contribution in [0.3, 0.4) is 0 Å². The molecule has 1 atom stereocenters. The van der Waals surface area contributed by atoms with Crippen molar-refractivity contribution in [1.29, 1.82) is 0 Å². The van der Waals surface area contributed by atoms with Crippen LogP contribution < -0.4 is 5.32 Å². The molecule has 0 aliphatic rings. The molecule has 0 spiro atoms. The molecule has 1 N–H and O–H groups in total. The van der Waals surface area contributed by atoms with Crippen LogP contribution >= 0.6 is 11.6 Å². The fourth-order valence-electron chi connectivity index (χ4n) is 2.11. The third-order valence-corrected chi connectivity index (χ3v) is 3.31. The second-order valence-corrected chi connectivity index (χ2v) is 5.23. The van der Waals surface area contributed by atoms with Crippen molar-refractivity contribution in [3.8, 4) is 0 Å². The van der Waals surface area contributed by atoms with Gasteiger partial charge >= 0.3 is 6.18 Å². The van der Waals surface area contributed by atoms with Crippen LogP contribution in [0.15, 0.2) is 54.6 Å². The SMILES string of the molecule is FC(F)(F)CC(NCc1cccc(Cl)c1)c1ccccc1. The highest BCUT2D eigenvalue weighted by Crippen LogP contribution is 2.29. The normalized spacial score (nSPS) is 13.1. The molecule has 0 aliphatic carbocycles. The maximum absolute atomic E-state index is 12.7. The monoisotopic (exact) mass is 313 g/mol. The third kappa shape index (κ3) is 5.40. The molecular formula is C16H15ClF3N. The highest BCUT2D eigenvalue weighted by atomic mass is 35.5. The van der Waals surface area contributed by atoms with Gasteiger partial charge in [0.15, 0.2) is 0 Å². The minimum absolute atomic E-state index is 0.330. The summed E-state index contributed by atoms with van der Waals surface area (Å²) in [6, 6.07) is 15.0. The summed E-state index contributed by atoms with van der Waals surface area (Å²) < 4.78 is 38.2. The van der Waals surface area contributed by atoms with E-state index in [1.165, 1.54) is 0 Å². The van der Waals surface area contributed by atoms with E-state index in [4.69, 9.17) is 11.6 Å². The van der Waals surface area contributed by atoms with Gasteiger partial charge in [0.2, 0.25) is 0 Å². The summed E-state index contributed by atoms with van der Waals surface area (Å²) in [5, 5.41) is 3.53. The van der Waals surface area contributed by atoms with Gasteiger partial charge in [-0.3, -0.25) is 0 Å². The number of rotatable bonds is 5. The molecule has 0 saturated carbocycles. The Hall–Kier alpha value is -1.52. The van der Waals surface area contributed by atoms with Crippen LogP contribution in [0, 0.1) is 0 Å². The predicted molar refractivity (Wildman–Crippen MR) is 78.1 cm³/mol. The number of halogens is 4. The standard InChI is InChI=1S/C16H15ClF3N/c17-14-8-4-5-12(9-14)11-21-15(10-16(18,19)20)13-6-2-1-3-7-13/h1-9,15,21H,10-11H2. The molecule has 1 unspecified atom stereocenters. The van der Waals surface area contributed by atoms with E-state index in [-0.39, 0.29) is 0 Å². The molecular weight excluding hydrogens is 299 g/mol. The summed E-state index contributed by atoms with van der Waals surface area (Å²) in [6.45, 7) is 0.330. The van der Waals surface area contributed by atoms with E-state index < -0.39 is 18.6 Å². The first kappa shape index (κ1) is 15.9. The van der Waals surface area contributed by atoms with Crippen LogP contribution in [-0.4, -0.2) is 6.18 Å². The highest BCUT2D eigenvalue weighted by Gasteiger charge is 2.32. The summed E-state index contributed by atoms with van der Waals surface area (Å²) in [5.41, 5.74) is 1.47. The van der Waals surface area contributed by atoms with E-state index in [2.05, 4.69) is 5.32 Å². The smallest absolute Gasteiger partial charge is 0.306 e. The average molecular weight is 314 g/mol. The van der Waals surface area contributed by atoms with Crippen molar-refractivity contribution in [2.45, 2.75) is 25.2 Å². The molecule has 0 saturated heterocycles. The molecule has 2 rings (SSSR count). The van der Waals surface area contributed by atoms with Gasteiger partial charge in [-0.25, -0.2) is 0 Å². The lowest BCUT2D eigenvalue weighted by Gasteiger charge is -2.21. The van der Waals surface area contributed by atoms with Gasteiger partial charge in [-0.1, -0.05) is 54.1 Å². The molecule has 0 aliphatic heterocycles. The summed E-state index contributed by atoms with van der Waals surface area (Å²) >= 11 is 5.88. The fourth-order valence-corrected chi connectivity index (χ4v) is 2.33. The molecule has 0 amide bonds. The van der Waals surface area contributed by atoms with E-state index in [0.29, 0.717) is 17.1 Å². The maximum atomic E-state index is 12.7. The minimum Gasteiger partial charge on any atom is -0.306 e. The van der Waals surface area contributed by atoms with Crippen LogP contribution in [0.25, 0.3) is 0 Å². The quantitative estimate of drug-likeness (QED) is 0.807. The Balaban J connectivity index is 2.09. The number of benzene rings is 2. The lowest BCUT2D eigenvalue weighted by Crippen LogP contribution is -2.26. The summed E-state index contributed by atoms with van der Waals surface area (Å²) in [5.74, 6) is 0. The molecule has 2 aromatic carbocycles. The Morgan fingerprint density at radius 3 is 2.33 bits per heavy atom. The van der Waals surface area contributed by atoms with Crippen molar-refractivity contribution in [2.24, 2.45) is 0 Å². The molecule has 1 nitrogen and oxygen atoms in total. The van der Waals surface area contributed by atoms with Gasteiger partial charge < -0.3 is 5.32 Å². The Morgan fingerprint density at radius 1 is 1.00 bits per heavy atom. The Labute approximate surface area is 126 Å².